The summed E-state index contributed by atoms with van der Waals surface area (Å²) in [6.45, 7) is 2.80. The molecule has 5 amide bonds. The molecule has 0 saturated carbocycles. The topological polar surface area (TPSA) is 264 Å². The van der Waals surface area contributed by atoms with E-state index in [2.05, 4.69) is 40.8 Å². The average molecular weight is 864 g/mol. The van der Waals surface area contributed by atoms with E-state index in [1.54, 1.807) is 30.3 Å². The Bertz CT molecular complexity index is 2140. The van der Waals surface area contributed by atoms with Crippen LogP contribution in [0.3, 0.4) is 0 Å². The Morgan fingerprint density at radius 2 is 1.26 bits per heavy atom. The number of benzene rings is 2. The Balaban J connectivity index is 1.83. The lowest BCUT2D eigenvalue weighted by Gasteiger charge is -2.28. The number of halogens is 3. The van der Waals surface area contributed by atoms with Crippen LogP contribution in [0.1, 0.15) is 50.7 Å². The van der Waals surface area contributed by atoms with Crippen molar-refractivity contribution >= 4 is 64.3 Å². The molecule has 0 spiro atoms. The second-order valence-electron chi connectivity index (χ2n) is 13.5. The largest absolute Gasteiger partial charge is 0.469 e. The Hall–Kier alpha value is -7.00. The molecule has 0 bridgehead atoms. The molecule has 22 heteroatoms. The van der Waals surface area contributed by atoms with Crippen LogP contribution in [0.25, 0.3) is 11.0 Å². The van der Waals surface area contributed by atoms with Crippen LogP contribution < -0.4 is 32.2 Å². The number of nitrogens with one attached hydrogen (secondary N) is 5. The van der Waals surface area contributed by atoms with Crippen molar-refractivity contribution in [2.75, 3.05) is 26.6 Å². The highest BCUT2D eigenvalue weighted by atomic mass is 19.4. The quantitative estimate of drug-likeness (QED) is 0.0658. The molecule has 61 heavy (non-hydrogen) atoms. The van der Waals surface area contributed by atoms with Crippen molar-refractivity contribution in [2.45, 2.75) is 76.5 Å². The minimum absolute atomic E-state index is 0.188. The lowest BCUT2D eigenvalue weighted by Crippen LogP contribution is -2.59. The van der Waals surface area contributed by atoms with Crippen LogP contribution in [0.5, 0.6) is 0 Å². The summed E-state index contributed by atoms with van der Waals surface area (Å²) in [6.07, 6.45) is -8.34. The molecular formula is C39H44F3N5O14. The van der Waals surface area contributed by atoms with Gasteiger partial charge in [-0.1, -0.05) is 44.2 Å². The Kier molecular flexibility index (Phi) is 17.8. The minimum atomic E-state index is -4.91. The first kappa shape index (κ1) is 48.4. The molecule has 2 aromatic carbocycles. The smallest absolute Gasteiger partial charge is 0.417 e. The molecule has 0 fully saturated rings. The van der Waals surface area contributed by atoms with E-state index in [9.17, 15) is 56.3 Å². The van der Waals surface area contributed by atoms with E-state index >= 15 is 0 Å². The molecule has 3 rings (SSSR count). The second kappa shape index (κ2) is 22.4. The number of hydrogen-bond acceptors (Lipinski definition) is 14. The van der Waals surface area contributed by atoms with Gasteiger partial charge in [0, 0.05) is 29.6 Å². The van der Waals surface area contributed by atoms with Gasteiger partial charge in [-0.15, -0.1) is 0 Å². The maximum atomic E-state index is 13.8. The first-order valence-electron chi connectivity index (χ1n) is 18.3. The molecular weight excluding hydrogens is 819 g/mol. The van der Waals surface area contributed by atoms with Gasteiger partial charge in [-0.25, -0.2) is 9.59 Å². The molecule has 0 aliphatic heterocycles. The van der Waals surface area contributed by atoms with Crippen LogP contribution in [0, 0.1) is 5.92 Å². The van der Waals surface area contributed by atoms with Gasteiger partial charge in [-0.2, -0.15) is 13.2 Å². The van der Waals surface area contributed by atoms with Crippen molar-refractivity contribution in [3.8, 4) is 0 Å². The van der Waals surface area contributed by atoms with Gasteiger partial charge in [0.1, 0.15) is 36.4 Å². The van der Waals surface area contributed by atoms with Crippen LogP contribution >= 0.6 is 0 Å². The van der Waals surface area contributed by atoms with E-state index < -0.39 is 132 Å². The predicted molar refractivity (Wildman–Crippen MR) is 205 cm³/mol. The molecule has 4 atom stereocenters. The van der Waals surface area contributed by atoms with Crippen molar-refractivity contribution in [1.82, 2.24) is 21.3 Å². The van der Waals surface area contributed by atoms with Crippen molar-refractivity contribution in [3.05, 3.63) is 76.1 Å². The molecule has 0 aliphatic carbocycles. The van der Waals surface area contributed by atoms with E-state index in [0.717, 1.165) is 39.5 Å². The fourth-order valence-corrected chi connectivity index (χ4v) is 5.49. The van der Waals surface area contributed by atoms with Gasteiger partial charge in [0.15, 0.2) is 0 Å². The summed E-state index contributed by atoms with van der Waals surface area (Å²) in [5, 5.41) is 11.2. The lowest BCUT2D eigenvalue weighted by molar-refractivity contribution is -0.144. The van der Waals surface area contributed by atoms with Crippen molar-refractivity contribution in [2.24, 2.45) is 5.92 Å². The zero-order chi connectivity index (χ0) is 45.4. The van der Waals surface area contributed by atoms with Crippen LogP contribution in [-0.4, -0.2) is 93.1 Å². The van der Waals surface area contributed by atoms with Crippen molar-refractivity contribution in [3.63, 3.8) is 0 Å². The zero-order valence-corrected chi connectivity index (χ0v) is 33.5. The number of carbonyl (C=O) groups excluding carboxylic acids is 8. The van der Waals surface area contributed by atoms with Gasteiger partial charge < -0.3 is 49.9 Å². The molecule has 0 aliphatic rings. The number of hydrogen-bond donors (Lipinski definition) is 5. The summed E-state index contributed by atoms with van der Waals surface area (Å²) in [6, 6.07) is 5.22. The number of rotatable bonds is 19. The molecule has 1 heterocycles. The molecule has 5 N–H and O–H groups in total. The number of esters is 3. The van der Waals surface area contributed by atoms with E-state index in [4.69, 9.17) is 9.15 Å². The lowest BCUT2D eigenvalue weighted by atomic mass is 10.0. The molecule has 3 aromatic rings. The Morgan fingerprint density at radius 3 is 1.84 bits per heavy atom. The third kappa shape index (κ3) is 15.0. The number of amides is 5. The minimum Gasteiger partial charge on any atom is -0.469 e. The van der Waals surface area contributed by atoms with Gasteiger partial charge in [0.2, 0.25) is 23.6 Å². The maximum Gasteiger partial charge on any atom is 0.417 e. The highest BCUT2D eigenvalue weighted by molar-refractivity contribution is 6.02. The average Bonchev–Trinajstić information content (AvgIpc) is 3.21. The van der Waals surface area contributed by atoms with E-state index in [1.807, 2.05) is 0 Å². The summed E-state index contributed by atoms with van der Waals surface area (Å²) >= 11 is 0. The number of alkyl carbamates (subject to hydrolysis) is 1. The molecule has 330 valence electrons. The number of methoxy groups -OCH3 is 3. The molecule has 0 radical (unpaired) electrons. The fraction of sp³-hybridized carbons (Fsp3) is 0.410. The van der Waals surface area contributed by atoms with E-state index in [-0.39, 0.29) is 18.4 Å². The molecule has 1 aromatic heterocycles. The Labute approximate surface area is 345 Å². The number of fused-ring (bicyclic) bond motifs is 1. The van der Waals surface area contributed by atoms with Crippen LogP contribution in [0.15, 0.2) is 63.8 Å². The number of anilines is 1. The van der Waals surface area contributed by atoms with Crippen molar-refractivity contribution < 1.29 is 74.9 Å². The summed E-state index contributed by atoms with van der Waals surface area (Å²) in [5.41, 5.74) is -2.70. The molecule has 0 saturated heterocycles. The molecule has 19 nitrogen and oxygen atoms in total. The second-order valence-corrected chi connectivity index (χ2v) is 13.5. The Morgan fingerprint density at radius 1 is 0.689 bits per heavy atom. The SMILES string of the molecule is COC(=O)CC[C@H](NC(=O)[C@H](CC(=O)OC)NC(=O)OCc1ccccc1)C(=O)N[C@H](C(=O)N[C@@H](CC(=O)OC)C(=O)Nc1ccc2c(C(F)(F)F)cc(=O)oc2c1)C(C)C. The van der Waals surface area contributed by atoms with Crippen LogP contribution in [0.2, 0.25) is 0 Å². The summed E-state index contributed by atoms with van der Waals surface area (Å²) in [7, 11) is 3.12. The summed E-state index contributed by atoms with van der Waals surface area (Å²) < 4.78 is 64.6. The fourth-order valence-electron chi connectivity index (χ4n) is 5.49. The third-order valence-corrected chi connectivity index (χ3v) is 8.71. The van der Waals surface area contributed by atoms with Crippen molar-refractivity contribution in [1.29, 1.82) is 0 Å². The number of alkyl halides is 3. The van der Waals surface area contributed by atoms with Crippen LogP contribution in [0.4, 0.5) is 23.7 Å². The first-order chi connectivity index (χ1) is 28.7. The highest BCUT2D eigenvalue weighted by Crippen LogP contribution is 2.34. The van der Waals surface area contributed by atoms with Gasteiger partial charge in [0.25, 0.3) is 0 Å². The normalized spacial score (nSPS) is 13.1. The summed E-state index contributed by atoms with van der Waals surface area (Å²) in [4.78, 5) is 116. The predicted octanol–water partition coefficient (Wildman–Crippen LogP) is 2.24. The van der Waals surface area contributed by atoms with Gasteiger partial charge >= 0.3 is 35.8 Å². The van der Waals surface area contributed by atoms with Gasteiger partial charge in [-0.3, -0.25) is 33.6 Å². The third-order valence-electron chi connectivity index (χ3n) is 8.71. The zero-order valence-electron chi connectivity index (χ0n) is 33.5. The van der Waals surface area contributed by atoms with Gasteiger partial charge in [0.05, 0.1) is 39.7 Å². The van der Waals surface area contributed by atoms with Crippen LogP contribution in [-0.2, 0) is 65.3 Å². The first-order valence-corrected chi connectivity index (χ1v) is 18.3. The molecule has 0 unspecified atom stereocenters. The monoisotopic (exact) mass is 863 g/mol. The standard InChI is InChI=1S/C39H44F3N5O14/c1-20(2)33(37(55)45-26(17-30(49)58-4)35(53)43-22-11-12-23-24(39(40,41)42)16-32(51)61-28(23)15-22)47-34(52)25(13-14-29(48)57-3)44-36(54)27(18-31(50)59-5)46-38(56)60-19-21-9-7-6-8-10-21/h6-12,15-16,20,25-27,33H,13-14,17-19H2,1-5H3,(H,43,53)(H,44,54)(H,45,55)(H,46,56)(H,47,52)/t25-,26-,27-,33-/m0/s1. The van der Waals surface area contributed by atoms with E-state index in [0.29, 0.717) is 5.56 Å². The number of carbonyl (C=O) groups is 8. The van der Waals surface area contributed by atoms with E-state index in [1.165, 1.54) is 13.8 Å². The summed E-state index contributed by atoms with van der Waals surface area (Å²) in [5.74, 6) is -7.67. The highest BCUT2D eigenvalue weighted by Gasteiger charge is 2.36. The number of ether oxygens (including phenoxy) is 4. The maximum absolute atomic E-state index is 13.8. The van der Waals surface area contributed by atoms with Gasteiger partial charge in [-0.05, 0) is 30.0 Å².